The van der Waals surface area contributed by atoms with Gasteiger partial charge in [0.2, 0.25) is 0 Å². The number of fused-ring (bicyclic) bond motifs is 1. The van der Waals surface area contributed by atoms with E-state index in [4.69, 9.17) is 9.84 Å². The molecule has 2 aliphatic carbocycles. The average Bonchev–Trinajstić information content (AvgIpc) is 2.87. The number of aliphatic carboxylic acids is 1. The molecule has 3 fully saturated rings. The zero-order valence-corrected chi connectivity index (χ0v) is 20.0. The summed E-state index contributed by atoms with van der Waals surface area (Å²) >= 11 is 0. The highest BCUT2D eigenvalue weighted by Crippen LogP contribution is 2.36. The number of nitrogens with zero attached hydrogens (tertiary/aromatic N) is 1. The van der Waals surface area contributed by atoms with E-state index < -0.39 is 5.97 Å². The molecule has 7 heteroatoms. The number of benzene rings is 1. The molecule has 2 amide bonds. The van der Waals surface area contributed by atoms with E-state index in [0.29, 0.717) is 49.5 Å². The number of ether oxygens (including phenoxy) is 1. The lowest BCUT2D eigenvalue weighted by atomic mass is 9.75. The van der Waals surface area contributed by atoms with Crippen LogP contribution in [0, 0.1) is 17.8 Å². The molecule has 0 spiro atoms. The van der Waals surface area contributed by atoms with Gasteiger partial charge in [0.15, 0.2) is 5.78 Å². The normalized spacial score (nSPS) is 26.9. The molecule has 0 aromatic heterocycles. The second-order valence-corrected chi connectivity index (χ2v) is 10.3. The average molecular weight is 471 g/mol. The Kier molecular flexibility index (Phi) is 8.46. The molecule has 1 aliphatic heterocycles. The highest BCUT2D eigenvalue weighted by Gasteiger charge is 2.32. The summed E-state index contributed by atoms with van der Waals surface area (Å²) in [7, 11) is 0. The van der Waals surface area contributed by atoms with Crippen LogP contribution in [0.25, 0.3) is 0 Å². The van der Waals surface area contributed by atoms with Crippen LogP contribution in [0.1, 0.15) is 81.0 Å². The maximum Gasteiger partial charge on any atom is 0.317 e. The minimum Gasteiger partial charge on any atom is -0.490 e. The van der Waals surface area contributed by atoms with Crippen molar-refractivity contribution in [1.29, 1.82) is 0 Å². The third-order valence-corrected chi connectivity index (χ3v) is 7.94. The number of urea groups is 1. The molecule has 1 saturated heterocycles. The van der Waals surface area contributed by atoms with Gasteiger partial charge in [0.1, 0.15) is 5.75 Å². The fourth-order valence-corrected chi connectivity index (χ4v) is 5.83. The van der Waals surface area contributed by atoms with Crippen molar-refractivity contribution in [3.63, 3.8) is 0 Å². The number of carboxylic acids is 1. The van der Waals surface area contributed by atoms with E-state index in [2.05, 4.69) is 5.32 Å². The Bertz CT molecular complexity index is 847. The number of likely N-dealkylation sites (tertiary alicyclic amines) is 1. The van der Waals surface area contributed by atoms with Crippen molar-refractivity contribution in [3.8, 4) is 5.75 Å². The van der Waals surface area contributed by atoms with Crippen LogP contribution in [0.3, 0.4) is 0 Å². The molecule has 186 valence electrons. The second-order valence-electron chi connectivity index (χ2n) is 10.3. The van der Waals surface area contributed by atoms with Crippen LogP contribution >= 0.6 is 0 Å². The fourth-order valence-electron chi connectivity index (χ4n) is 5.83. The molecule has 34 heavy (non-hydrogen) atoms. The molecule has 3 aliphatic rings. The molecule has 0 radical (unpaired) electrons. The summed E-state index contributed by atoms with van der Waals surface area (Å²) in [4.78, 5) is 38.1. The molecular formula is C27H38N2O5. The number of Topliss-reactive ketones (excluding diaryl/α,β-unsaturated/α-hetero) is 1. The number of hydrogen-bond donors (Lipinski definition) is 2. The SMILES string of the molecule is O=C(CCCNC(=O)N1CC[C@H]2CCCC[C@@H]2C1)c1ccc(OC2CCC(C(=O)O)CC2)cc1. The Morgan fingerprint density at radius 2 is 1.65 bits per heavy atom. The lowest BCUT2D eigenvalue weighted by molar-refractivity contribution is -0.143. The van der Waals surface area contributed by atoms with Gasteiger partial charge in [0.05, 0.1) is 12.0 Å². The zero-order chi connectivity index (χ0) is 23.9. The van der Waals surface area contributed by atoms with Gasteiger partial charge < -0.3 is 20.1 Å². The molecule has 2 N–H and O–H groups in total. The summed E-state index contributed by atoms with van der Waals surface area (Å²) in [6, 6.07) is 7.21. The standard InChI is InChI=1S/C27H38N2O5/c30-25(6-3-16-28-27(33)29-17-15-19-4-1-2-5-22(19)18-29)20-7-11-23(12-8-20)34-24-13-9-21(10-14-24)26(31)32/h7-8,11-12,19,21-22,24H,1-6,9-10,13-18H2,(H,28,33)(H,31,32)/t19-,21?,22-,24?/m1/s1. The first-order valence-electron chi connectivity index (χ1n) is 13.0. The number of piperidine rings is 1. The van der Waals surface area contributed by atoms with Crippen molar-refractivity contribution in [3.05, 3.63) is 29.8 Å². The molecule has 0 unspecified atom stereocenters. The Morgan fingerprint density at radius 1 is 0.941 bits per heavy atom. The molecule has 0 bridgehead atoms. The van der Waals surface area contributed by atoms with Crippen LogP contribution in [-0.2, 0) is 4.79 Å². The lowest BCUT2D eigenvalue weighted by Gasteiger charge is -2.41. The predicted octanol–water partition coefficient (Wildman–Crippen LogP) is 4.89. The molecule has 1 aromatic rings. The molecule has 1 aromatic carbocycles. The van der Waals surface area contributed by atoms with Crippen LogP contribution in [0.2, 0.25) is 0 Å². The number of rotatable bonds is 8. The number of hydrogen-bond acceptors (Lipinski definition) is 4. The quantitative estimate of drug-likeness (QED) is 0.416. The van der Waals surface area contributed by atoms with Crippen LogP contribution in [0.4, 0.5) is 4.79 Å². The smallest absolute Gasteiger partial charge is 0.317 e. The molecular weight excluding hydrogens is 432 g/mol. The number of carbonyl (C=O) groups is 3. The maximum atomic E-state index is 12.5. The van der Waals surface area contributed by atoms with E-state index in [9.17, 15) is 14.4 Å². The summed E-state index contributed by atoms with van der Waals surface area (Å²) in [6.45, 7) is 2.24. The van der Waals surface area contributed by atoms with Gasteiger partial charge in [-0.2, -0.15) is 0 Å². The number of amides is 2. The van der Waals surface area contributed by atoms with Crippen LogP contribution in [-0.4, -0.2) is 53.5 Å². The van der Waals surface area contributed by atoms with Crippen molar-refractivity contribution in [2.45, 2.75) is 76.7 Å². The molecule has 4 rings (SSSR count). The Morgan fingerprint density at radius 3 is 2.35 bits per heavy atom. The summed E-state index contributed by atoms with van der Waals surface area (Å²) in [5, 5.41) is 12.1. The number of ketones is 1. The highest BCUT2D eigenvalue weighted by atomic mass is 16.5. The van der Waals surface area contributed by atoms with Crippen molar-refractivity contribution < 1.29 is 24.2 Å². The minimum atomic E-state index is -0.718. The van der Waals surface area contributed by atoms with Gasteiger partial charge >= 0.3 is 12.0 Å². The molecule has 1 heterocycles. The predicted molar refractivity (Wildman–Crippen MR) is 129 cm³/mol. The first kappa shape index (κ1) is 24.6. The van der Waals surface area contributed by atoms with Gasteiger partial charge in [-0.05, 0) is 81.0 Å². The van der Waals surface area contributed by atoms with Crippen LogP contribution in [0.15, 0.2) is 24.3 Å². The minimum absolute atomic E-state index is 0.00959. The topological polar surface area (TPSA) is 95.9 Å². The first-order valence-corrected chi connectivity index (χ1v) is 13.0. The second kappa shape index (κ2) is 11.7. The summed E-state index contributed by atoms with van der Waals surface area (Å²) in [5.41, 5.74) is 0.646. The number of carbonyl (C=O) groups excluding carboxylic acids is 2. The number of nitrogens with one attached hydrogen (secondary N) is 1. The van der Waals surface area contributed by atoms with E-state index in [1.807, 2.05) is 17.0 Å². The van der Waals surface area contributed by atoms with Gasteiger partial charge in [0, 0.05) is 31.6 Å². The van der Waals surface area contributed by atoms with Gasteiger partial charge in [-0.25, -0.2) is 4.79 Å². The van der Waals surface area contributed by atoms with Crippen molar-refractivity contribution in [1.82, 2.24) is 10.2 Å². The largest absolute Gasteiger partial charge is 0.490 e. The Labute approximate surface area is 202 Å². The van der Waals surface area contributed by atoms with E-state index in [1.54, 1.807) is 12.1 Å². The maximum absolute atomic E-state index is 12.5. The summed E-state index contributed by atoms with van der Waals surface area (Å²) in [6.07, 6.45) is 10.1. The molecule has 2 saturated carbocycles. The molecule has 2 atom stereocenters. The van der Waals surface area contributed by atoms with E-state index in [1.165, 1.54) is 25.7 Å². The fraction of sp³-hybridized carbons (Fsp3) is 0.667. The monoisotopic (exact) mass is 470 g/mol. The first-order chi connectivity index (χ1) is 16.5. The van der Waals surface area contributed by atoms with Crippen LogP contribution in [0.5, 0.6) is 5.75 Å². The van der Waals surface area contributed by atoms with Gasteiger partial charge in [-0.15, -0.1) is 0 Å². The summed E-state index contributed by atoms with van der Waals surface area (Å²) in [5.74, 6) is 1.27. The third-order valence-electron chi connectivity index (χ3n) is 7.94. The highest BCUT2D eigenvalue weighted by molar-refractivity contribution is 5.96. The molecule has 7 nitrogen and oxygen atoms in total. The number of carboxylic acid groups (broad SMARTS) is 1. The van der Waals surface area contributed by atoms with E-state index in [-0.39, 0.29) is 23.8 Å². The van der Waals surface area contributed by atoms with Crippen LogP contribution < -0.4 is 10.1 Å². The van der Waals surface area contributed by atoms with Gasteiger partial charge in [-0.3, -0.25) is 9.59 Å². The lowest BCUT2D eigenvalue weighted by Crippen LogP contribution is -2.48. The summed E-state index contributed by atoms with van der Waals surface area (Å²) < 4.78 is 5.98. The van der Waals surface area contributed by atoms with Crippen molar-refractivity contribution in [2.24, 2.45) is 17.8 Å². The third kappa shape index (κ3) is 6.51. The Balaban J connectivity index is 1.13. The van der Waals surface area contributed by atoms with E-state index in [0.717, 1.165) is 38.3 Å². The zero-order valence-electron chi connectivity index (χ0n) is 20.0. The Hall–Kier alpha value is -2.57. The van der Waals surface area contributed by atoms with Crippen molar-refractivity contribution >= 4 is 17.8 Å². The van der Waals surface area contributed by atoms with Gasteiger partial charge in [0.25, 0.3) is 0 Å². The van der Waals surface area contributed by atoms with Gasteiger partial charge in [-0.1, -0.05) is 19.3 Å². The van der Waals surface area contributed by atoms with Crippen molar-refractivity contribution in [2.75, 3.05) is 19.6 Å². The van der Waals surface area contributed by atoms with E-state index >= 15 is 0 Å².